The second-order valence-electron chi connectivity index (χ2n) is 19.9. The van der Waals surface area contributed by atoms with Gasteiger partial charge in [-0.05, 0) is 113 Å². The first-order chi connectivity index (χ1) is 31.2. The van der Waals surface area contributed by atoms with Crippen LogP contribution in [0.5, 0.6) is 0 Å². The highest BCUT2D eigenvalue weighted by Gasteiger charge is 2.55. The van der Waals surface area contributed by atoms with Gasteiger partial charge in [0.05, 0.1) is 24.4 Å². The fourth-order valence-corrected chi connectivity index (χ4v) is 10.3. The van der Waals surface area contributed by atoms with Crippen molar-refractivity contribution < 1.29 is 63.0 Å². The van der Waals surface area contributed by atoms with Crippen molar-refractivity contribution >= 4 is 29.2 Å². The van der Waals surface area contributed by atoms with Crippen LogP contribution in [0.25, 0.3) is 0 Å². The summed E-state index contributed by atoms with van der Waals surface area (Å²) in [6, 6.07) is -1.16. The van der Waals surface area contributed by atoms with Crippen molar-refractivity contribution in [3.05, 3.63) is 47.6 Å². The van der Waals surface area contributed by atoms with E-state index in [4.69, 9.17) is 23.7 Å². The number of aliphatic hydroxyl groups is 3. The number of piperidine rings is 1. The van der Waals surface area contributed by atoms with E-state index in [2.05, 4.69) is 0 Å². The van der Waals surface area contributed by atoms with E-state index >= 15 is 0 Å². The van der Waals surface area contributed by atoms with Crippen LogP contribution in [0.3, 0.4) is 0 Å². The SMILES string of the molecule is CO[C@H]1C[C@@H]2CC[C@@H](C)C(=O)[C@@](O)(O2)C(=O)N2CCCC[C@H]2C(=O)O[C@H]([C@H](C)C[C@@H]2CC[C@@H](O)[C@H](OC)C2)CC(=O)[C@H](C)/C=C(\C)[C@@H](O)[C@@H](OC)C(=O)[C@H](C)C[C@H](C)/C=C/C=C/C/C=C/1C. The number of carbonyl (C=O) groups is 5. The molecule has 3 fully saturated rings. The topological polar surface area (TPSA) is 195 Å². The van der Waals surface area contributed by atoms with Gasteiger partial charge in [-0.2, -0.15) is 0 Å². The molecule has 2 saturated heterocycles. The molecule has 0 spiro atoms. The monoisotopic (exact) mass is 928 g/mol. The third kappa shape index (κ3) is 14.6. The smallest absolute Gasteiger partial charge is 0.329 e. The first-order valence-electron chi connectivity index (χ1n) is 24.4. The summed E-state index contributed by atoms with van der Waals surface area (Å²) in [6.07, 6.45) is 11.8. The first kappa shape index (κ1) is 55.2. The second-order valence-corrected chi connectivity index (χ2v) is 19.9. The molecule has 3 heterocycles. The predicted molar refractivity (Wildman–Crippen MR) is 250 cm³/mol. The number of aliphatic hydroxyl groups excluding tert-OH is 2. The van der Waals surface area contributed by atoms with Crippen LogP contribution in [0.2, 0.25) is 0 Å². The Balaban J connectivity index is 1.73. The molecular formula is C52H81NO13. The number of methoxy groups -OCH3 is 3. The third-order valence-electron chi connectivity index (χ3n) is 14.6. The van der Waals surface area contributed by atoms with Crippen LogP contribution in [0.15, 0.2) is 47.6 Å². The molecule has 15 atom stereocenters. The van der Waals surface area contributed by atoms with Gasteiger partial charge in [-0.3, -0.25) is 19.2 Å². The van der Waals surface area contributed by atoms with E-state index in [9.17, 15) is 39.3 Å². The van der Waals surface area contributed by atoms with Crippen molar-refractivity contribution in [2.75, 3.05) is 27.9 Å². The average molecular weight is 928 g/mol. The van der Waals surface area contributed by atoms with E-state index in [0.29, 0.717) is 63.4 Å². The second kappa shape index (κ2) is 25.8. The molecule has 2 bridgehead atoms. The number of allylic oxidation sites excluding steroid dienone is 6. The van der Waals surface area contributed by atoms with Crippen molar-refractivity contribution in [3.63, 3.8) is 0 Å². The van der Waals surface area contributed by atoms with Crippen LogP contribution in [0.4, 0.5) is 0 Å². The zero-order valence-electron chi connectivity index (χ0n) is 41.3. The summed E-state index contributed by atoms with van der Waals surface area (Å²) in [4.78, 5) is 72.2. The molecule has 0 unspecified atom stereocenters. The van der Waals surface area contributed by atoms with Crippen LogP contribution in [-0.2, 0) is 47.7 Å². The summed E-state index contributed by atoms with van der Waals surface area (Å²) in [5.41, 5.74) is 1.30. The maximum absolute atomic E-state index is 14.7. The van der Waals surface area contributed by atoms with Crippen LogP contribution in [0, 0.1) is 35.5 Å². The van der Waals surface area contributed by atoms with Crippen LogP contribution < -0.4 is 0 Å². The lowest BCUT2D eigenvalue weighted by Crippen LogP contribution is -2.62. The lowest BCUT2D eigenvalue weighted by atomic mass is 9.78. The van der Waals surface area contributed by atoms with Gasteiger partial charge in [0, 0.05) is 58.5 Å². The molecule has 14 nitrogen and oxygen atoms in total. The lowest BCUT2D eigenvalue weighted by molar-refractivity contribution is -0.231. The highest BCUT2D eigenvalue weighted by atomic mass is 16.6. The molecule has 66 heavy (non-hydrogen) atoms. The summed E-state index contributed by atoms with van der Waals surface area (Å²) in [6.45, 7) is 12.8. The van der Waals surface area contributed by atoms with Gasteiger partial charge < -0.3 is 43.9 Å². The molecular weight excluding hydrogens is 847 g/mol. The van der Waals surface area contributed by atoms with E-state index in [1.807, 2.05) is 58.1 Å². The molecule has 14 heteroatoms. The molecule has 0 aromatic heterocycles. The van der Waals surface area contributed by atoms with Gasteiger partial charge in [0.25, 0.3) is 5.91 Å². The summed E-state index contributed by atoms with van der Waals surface area (Å²) < 4.78 is 29.5. The van der Waals surface area contributed by atoms with Crippen molar-refractivity contribution in [2.24, 2.45) is 35.5 Å². The quantitative estimate of drug-likeness (QED) is 0.147. The number of carbonyl (C=O) groups excluding carboxylic acids is 5. The number of esters is 1. The van der Waals surface area contributed by atoms with Gasteiger partial charge >= 0.3 is 11.8 Å². The Morgan fingerprint density at radius 1 is 0.848 bits per heavy atom. The van der Waals surface area contributed by atoms with Gasteiger partial charge in [-0.15, -0.1) is 0 Å². The number of ether oxygens (including phenoxy) is 5. The number of ketones is 3. The van der Waals surface area contributed by atoms with E-state index in [-0.39, 0.29) is 61.2 Å². The Hall–Kier alpha value is -3.37. The van der Waals surface area contributed by atoms with Gasteiger partial charge in [0.1, 0.15) is 30.1 Å². The Morgan fingerprint density at radius 2 is 1.58 bits per heavy atom. The fourth-order valence-electron chi connectivity index (χ4n) is 10.3. The number of hydrogen-bond acceptors (Lipinski definition) is 13. The molecule has 0 aromatic rings. The predicted octanol–water partition coefficient (Wildman–Crippen LogP) is 6.57. The van der Waals surface area contributed by atoms with Gasteiger partial charge in [0.15, 0.2) is 5.78 Å². The Kier molecular flexibility index (Phi) is 21.6. The Morgan fingerprint density at radius 3 is 2.26 bits per heavy atom. The minimum atomic E-state index is -2.85. The van der Waals surface area contributed by atoms with Crippen molar-refractivity contribution in [3.8, 4) is 0 Å². The summed E-state index contributed by atoms with van der Waals surface area (Å²) in [5.74, 6) is -7.95. The van der Waals surface area contributed by atoms with E-state index in [1.54, 1.807) is 41.1 Å². The molecule has 0 radical (unpaired) electrons. The maximum atomic E-state index is 14.7. The van der Waals surface area contributed by atoms with Crippen molar-refractivity contribution in [1.29, 1.82) is 0 Å². The standard InChI is InChI=1S/C52H81NO13/c1-31-17-13-11-12-14-18-32(2)43(62-8)29-39-22-20-33(3)49(58)52(61,66-39)51(60)53-24-16-15-19-40(53)50(59)65-44(35(5)27-38-21-23-41(54)45(28-38)63-9)30-42(55)34(4)26-37(7)47(57)48(64-10)46(56)36(6)25-31/h11-13,17-18,26,31,33-36,38-41,43-45,47-48,54,57,61H,14-16,19-25,27-30H2,1-10H3/b12-11+,17-13+,32-18+,37-26+/t31-,33-,34-,35-,36-,38+,39+,40+,41-,43+,44+,45-,47-,48+,52-/m1/s1. The number of Topliss-reactive ketones (excluding diaryl/α,β-unsaturated/α-hetero) is 3. The molecule has 3 N–H and O–H groups in total. The van der Waals surface area contributed by atoms with E-state index < -0.39 is 83.9 Å². The van der Waals surface area contributed by atoms with Crippen LogP contribution in [0.1, 0.15) is 132 Å². The Labute approximate surface area is 393 Å². The number of rotatable bonds is 6. The molecule has 1 saturated carbocycles. The summed E-state index contributed by atoms with van der Waals surface area (Å²) in [5, 5.41) is 34.1. The lowest BCUT2D eigenvalue weighted by Gasteiger charge is -2.40. The molecule has 4 aliphatic rings. The van der Waals surface area contributed by atoms with E-state index in [0.717, 1.165) is 12.0 Å². The highest BCUT2D eigenvalue weighted by molar-refractivity contribution is 6.09. The molecule has 3 aliphatic heterocycles. The number of nitrogens with zero attached hydrogens (tertiary/aromatic N) is 1. The Bertz CT molecular complexity index is 1770. The van der Waals surface area contributed by atoms with Crippen LogP contribution >= 0.6 is 0 Å². The first-order valence-corrected chi connectivity index (χ1v) is 24.4. The minimum Gasteiger partial charge on any atom is -0.460 e. The highest BCUT2D eigenvalue weighted by Crippen LogP contribution is 2.36. The fraction of sp³-hybridized carbons (Fsp3) is 0.750. The third-order valence-corrected chi connectivity index (χ3v) is 14.6. The zero-order valence-corrected chi connectivity index (χ0v) is 41.3. The number of cyclic esters (lactones) is 1. The van der Waals surface area contributed by atoms with Gasteiger partial charge in [-0.25, -0.2) is 4.79 Å². The molecule has 372 valence electrons. The number of fused-ring (bicyclic) bond motifs is 3. The largest absolute Gasteiger partial charge is 0.460 e. The normalized spacial score (nSPS) is 40.2. The molecule has 1 aliphatic carbocycles. The van der Waals surface area contributed by atoms with Gasteiger partial charge in [0.2, 0.25) is 5.78 Å². The number of hydrogen-bond donors (Lipinski definition) is 3. The average Bonchev–Trinajstić information content (AvgIpc) is 3.40. The summed E-state index contributed by atoms with van der Waals surface area (Å²) in [7, 11) is 4.53. The zero-order chi connectivity index (χ0) is 48.9. The molecule has 4 rings (SSSR count). The van der Waals surface area contributed by atoms with Crippen molar-refractivity contribution in [1.82, 2.24) is 4.90 Å². The van der Waals surface area contributed by atoms with E-state index in [1.165, 1.54) is 12.0 Å². The van der Waals surface area contributed by atoms with Gasteiger partial charge in [-0.1, -0.05) is 71.1 Å². The molecule has 1 amide bonds. The molecule has 0 aromatic carbocycles. The maximum Gasteiger partial charge on any atom is 0.329 e. The minimum absolute atomic E-state index is 0.0414. The summed E-state index contributed by atoms with van der Waals surface area (Å²) >= 11 is 0. The van der Waals surface area contributed by atoms with Crippen molar-refractivity contribution in [2.45, 2.75) is 186 Å². The van der Waals surface area contributed by atoms with Crippen LogP contribution in [-0.4, -0.2) is 132 Å². The number of amides is 1.